The Bertz CT molecular complexity index is 517. The van der Waals surface area contributed by atoms with E-state index in [0.29, 0.717) is 13.1 Å². The van der Waals surface area contributed by atoms with Crippen LogP contribution >= 0.6 is 0 Å². The van der Waals surface area contributed by atoms with Crippen LogP contribution in [-0.4, -0.2) is 61.9 Å². The summed E-state index contributed by atoms with van der Waals surface area (Å²) >= 11 is 0. The second-order valence-electron chi connectivity index (χ2n) is 6.70. The van der Waals surface area contributed by atoms with Crippen molar-refractivity contribution >= 4 is 17.7 Å². The van der Waals surface area contributed by atoms with Crippen molar-refractivity contribution in [2.45, 2.75) is 26.4 Å². The minimum Gasteiger partial charge on any atom is -0.444 e. The van der Waals surface area contributed by atoms with Crippen LogP contribution in [-0.2, 0) is 4.74 Å². The first kappa shape index (κ1) is 16.4. The molecule has 1 fully saturated rings. The van der Waals surface area contributed by atoms with Gasteiger partial charge >= 0.3 is 6.09 Å². The molecule has 0 atom stereocenters. The fourth-order valence-electron chi connectivity index (χ4n) is 2.28. The second-order valence-corrected chi connectivity index (χ2v) is 6.70. The van der Waals surface area contributed by atoms with Gasteiger partial charge in [0.2, 0.25) is 0 Å². The Morgan fingerprint density at radius 2 is 1.82 bits per heavy atom. The molecule has 0 bridgehead atoms. The number of piperazine rings is 1. The van der Waals surface area contributed by atoms with E-state index in [1.807, 2.05) is 58.0 Å². The minimum absolute atomic E-state index is 0.234. The Labute approximate surface area is 132 Å². The third-order valence-corrected chi connectivity index (χ3v) is 3.43. The highest BCUT2D eigenvalue weighted by Gasteiger charge is 2.26. The highest BCUT2D eigenvalue weighted by molar-refractivity contribution is 5.68. The first-order valence-electron chi connectivity index (χ1n) is 7.63. The summed E-state index contributed by atoms with van der Waals surface area (Å²) in [7, 11) is 3.96. The molecule has 0 N–H and O–H groups in total. The molecule has 122 valence electrons. The SMILES string of the molecule is CN(C)c1cccc(N2CCN(C(=O)OC(C)(C)C)CC2)n1. The smallest absolute Gasteiger partial charge is 0.410 e. The zero-order valence-electron chi connectivity index (χ0n) is 14.2. The van der Waals surface area contributed by atoms with Crippen LogP contribution in [0.25, 0.3) is 0 Å². The summed E-state index contributed by atoms with van der Waals surface area (Å²) in [5.41, 5.74) is -0.449. The van der Waals surface area contributed by atoms with Crippen LogP contribution in [0.4, 0.5) is 16.4 Å². The van der Waals surface area contributed by atoms with E-state index < -0.39 is 5.60 Å². The number of hydrogen-bond donors (Lipinski definition) is 0. The molecule has 2 heterocycles. The summed E-state index contributed by atoms with van der Waals surface area (Å²) in [6.45, 7) is 8.51. The molecule has 0 aliphatic carbocycles. The average molecular weight is 306 g/mol. The Kier molecular flexibility index (Phi) is 4.78. The third kappa shape index (κ3) is 4.26. The van der Waals surface area contributed by atoms with Crippen molar-refractivity contribution in [3.05, 3.63) is 18.2 Å². The summed E-state index contributed by atoms with van der Waals surface area (Å²) in [5, 5.41) is 0. The number of carbonyl (C=O) groups is 1. The number of hydrogen-bond acceptors (Lipinski definition) is 5. The molecule has 1 saturated heterocycles. The van der Waals surface area contributed by atoms with E-state index in [0.717, 1.165) is 24.7 Å². The van der Waals surface area contributed by atoms with Crippen molar-refractivity contribution in [3.8, 4) is 0 Å². The number of nitrogens with zero attached hydrogens (tertiary/aromatic N) is 4. The predicted molar refractivity (Wildman–Crippen MR) is 88.6 cm³/mol. The number of amides is 1. The molecule has 0 saturated carbocycles. The maximum absolute atomic E-state index is 12.1. The van der Waals surface area contributed by atoms with Crippen LogP contribution in [0, 0.1) is 0 Å². The van der Waals surface area contributed by atoms with Gasteiger partial charge in [0.05, 0.1) is 0 Å². The lowest BCUT2D eigenvalue weighted by molar-refractivity contribution is 0.0240. The van der Waals surface area contributed by atoms with Crippen molar-refractivity contribution in [2.24, 2.45) is 0 Å². The Morgan fingerprint density at radius 3 is 2.36 bits per heavy atom. The van der Waals surface area contributed by atoms with Crippen LogP contribution in [0.1, 0.15) is 20.8 Å². The molecule has 1 aliphatic rings. The molecular weight excluding hydrogens is 280 g/mol. The van der Waals surface area contributed by atoms with Crippen LogP contribution in [0.5, 0.6) is 0 Å². The van der Waals surface area contributed by atoms with Crippen molar-refractivity contribution in [3.63, 3.8) is 0 Å². The zero-order valence-corrected chi connectivity index (χ0v) is 14.2. The molecule has 6 nitrogen and oxygen atoms in total. The number of rotatable bonds is 2. The van der Waals surface area contributed by atoms with Gasteiger partial charge in [-0.15, -0.1) is 0 Å². The summed E-state index contributed by atoms with van der Waals surface area (Å²) in [6.07, 6.45) is -0.234. The van der Waals surface area contributed by atoms with Crippen molar-refractivity contribution in [2.75, 3.05) is 50.1 Å². The van der Waals surface area contributed by atoms with Gasteiger partial charge in [-0.2, -0.15) is 0 Å². The molecule has 6 heteroatoms. The van der Waals surface area contributed by atoms with E-state index in [4.69, 9.17) is 4.74 Å². The fourth-order valence-corrected chi connectivity index (χ4v) is 2.28. The monoisotopic (exact) mass is 306 g/mol. The molecule has 0 unspecified atom stereocenters. The van der Waals surface area contributed by atoms with Gasteiger partial charge in [0, 0.05) is 40.3 Å². The van der Waals surface area contributed by atoms with Crippen LogP contribution < -0.4 is 9.80 Å². The lowest BCUT2D eigenvalue weighted by atomic mass is 10.2. The topological polar surface area (TPSA) is 48.9 Å². The van der Waals surface area contributed by atoms with Crippen molar-refractivity contribution in [1.82, 2.24) is 9.88 Å². The number of carbonyl (C=O) groups excluding carboxylic acids is 1. The largest absolute Gasteiger partial charge is 0.444 e. The van der Waals surface area contributed by atoms with Gasteiger partial charge in [-0.1, -0.05) is 6.07 Å². The number of anilines is 2. The number of pyridine rings is 1. The highest BCUT2D eigenvalue weighted by Crippen LogP contribution is 2.18. The standard InChI is InChI=1S/C16H26N4O2/c1-16(2,3)22-15(21)20-11-9-19(10-12-20)14-8-6-7-13(17-14)18(4)5/h6-8H,9-12H2,1-5H3. The highest BCUT2D eigenvalue weighted by atomic mass is 16.6. The van der Waals surface area contributed by atoms with E-state index >= 15 is 0 Å². The maximum Gasteiger partial charge on any atom is 0.410 e. The van der Waals surface area contributed by atoms with E-state index in [1.165, 1.54) is 0 Å². The van der Waals surface area contributed by atoms with E-state index in [-0.39, 0.29) is 6.09 Å². The van der Waals surface area contributed by atoms with Gasteiger partial charge in [0.1, 0.15) is 17.2 Å². The van der Waals surface area contributed by atoms with Gasteiger partial charge in [-0.25, -0.2) is 9.78 Å². The van der Waals surface area contributed by atoms with Gasteiger partial charge in [0.15, 0.2) is 0 Å². The summed E-state index contributed by atoms with van der Waals surface area (Å²) in [5.74, 6) is 1.89. The van der Waals surface area contributed by atoms with Crippen LogP contribution in [0.3, 0.4) is 0 Å². The fraction of sp³-hybridized carbons (Fsp3) is 0.625. The Hall–Kier alpha value is -1.98. The van der Waals surface area contributed by atoms with E-state index in [1.54, 1.807) is 4.90 Å². The minimum atomic E-state index is -0.449. The third-order valence-electron chi connectivity index (χ3n) is 3.43. The molecule has 1 aromatic heterocycles. The average Bonchev–Trinajstić information content (AvgIpc) is 2.46. The Morgan fingerprint density at radius 1 is 1.18 bits per heavy atom. The van der Waals surface area contributed by atoms with Crippen molar-refractivity contribution < 1.29 is 9.53 Å². The summed E-state index contributed by atoms with van der Waals surface area (Å²) in [6, 6.07) is 6.01. The molecule has 1 aromatic rings. The van der Waals surface area contributed by atoms with Gasteiger partial charge < -0.3 is 19.4 Å². The van der Waals surface area contributed by atoms with Gasteiger partial charge in [0.25, 0.3) is 0 Å². The lowest BCUT2D eigenvalue weighted by Gasteiger charge is -2.36. The lowest BCUT2D eigenvalue weighted by Crippen LogP contribution is -2.50. The van der Waals surface area contributed by atoms with E-state index in [9.17, 15) is 4.79 Å². The predicted octanol–water partition coefficient (Wildman–Crippen LogP) is 2.20. The molecule has 2 rings (SSSR count). The normalized spacial score (nSPS) is 15.7. The Balaban J connectivity index is 1.95. The maximum atomic E-state index is 12.1. The van der Waals surface area contributed by atoms with E-state index in [2.05, 4.69) is 9.88 Å². The molecule has 22 heavy (non-hydrogen) atoms. The summed E-state index contributed by atoms with van der Waals surface area (Å²) in [4.78, 5) is 22.7. The molecule has 0 aromatic carbocycles. The van der Waals surface area contributed by atoms with Gasteiger partial charge in [-0.3, -0.25) is 0 Å². The molecule has 0 radical (unpaired) electrons. The molecule has 1 amide bonds. The van der Waals surface area contributed by atoms with Gasteiger partial charge in [-0.05, 0) is 32.9 Å². The first-order valence-corrected chi connectivity index (χ1v) is 7.63. The molecule has 0 spiro atoms. The van der Waals surface area contributed by atoms with Crippen molar-refractivity contribution in [1.29, 1.82) is 0 Å². The quantitative estimate of drug-likeness (QED) is 0.838. The van der Waals surface area contributed by atoms with Crippen LogP contribution in [0.2, 0.25) is 0 Å². The number of aromatic nitrogens is 1. The van der Waals surface area contributed by atoms with Crippen LogP contribution in [0.15, 0.2) is 18.2 Å². The second kappa shape index (κ2) is 6.42. The summed E-state index contributed by atoms with van der Waals surface area (Å²) < 4.78 is 5.41. The molecular formula is C16H26N4O2. The number of ether oxygens (including phenoxy) is 1. The molecule has 1 aliphatic heterocycles. The first-order chi connectivity index (χ1) is 10.3. The zero-order chi connectivity index (χ0) is 16.3.